The van der Waals surface area contributed by atoms with E-state index < -0.39 is 0 Å². The summed E-state index contributed by atoms with van der Waals surface area (Å²) in [5, 5.41) is 0. The van der Waals surface area contributed by atoms with Crippen LogP contribution in [0.2, 0.25) is 0 Å². The maximum atomic E-state index is 5.50. The van der Waals surface area contributed by atoms with Crippen molar-refractivity contribution >= 4 is 14.8 Å². The molecular weight excluding hydrogens is 335 g/mol. The second kappa shape index (κ2) is 16.2. The fraction of sp³-hybridized carbons (Fsp3) is 0.250. The van der Waals surface area contributed by atoms with Gasteiger partial charge in [0.15, 0.2) is 0 Å². The minimum atomic E-state index is 0.800. The first-order chi connectivity index (χ1) is 12.7. The van der Waals surface area contributed by atoms with Gasteiger partial charge in [-0.15, -0.1) is 22.1 Å². The average molecular weight is 366 g/mol. The van der Waals surface area contributed by atoms with E-state index in [4.69, 9.17) is 4.74 Å². The van der Waals surface area contributed by atoms with Crippen molar-refractivity contribution in [3.05, 3.63) is 83.7 Å². The molecule has 0 saturated heterocycles. The van der Waals surface area contributed by atoms with Gasteiger partial charge in [-0.3, -0.25) is 0 Å². The number of terminal acetylenes is 1. The molecule has 0 bridgehead atoms. The number of hydrogen-bond acceptors (Lipinski definition) is 1. The van der Waals surface area contributed by atoms with Crippen LogP contribution in [-0.4, -0.2) is 6.61 Å². The Balaban J connectivity index is 0.000000458. The predicted octanol–water partition coefficient (Wildman–Crippen LogP) is 6.77. The second-order valence-corrected chi connectivity index (χ2v) is 5.81. The zero-order valence-corrected chi connectivity index (χ0v) is 17.3. The molecule has 1 nitrogen and oxygen atoms in total. The second-order valence-electron chi connectivity index (χ2n) is 5.48. The molecule has 138 valence electrons. The van der Waals surface area contributed by atoms with Crippen molar-refractivity contribution in [3.63, 3.8) is 0 Å². The van der Waals surface area contributed by atoms with Crippen LogP contribution in [0.1, 0.15) is 38.3 Å². The third kappa shape index (κ3) is 10.5. The number of benzene rings is 2. The van der Waals surface area contributed by atoms with Crippen molar-refractivity contribution in [1.29, 1.82) is 0 Å². The van der Waals surface area contributed by atoms with Crippen molar-refractivity contribution in [2.45, 2.75) is 33.6 Å². The summed E-state index contributed by atoms with van der Waals surface area (Å²) in [6.07, 6.45) is 14.3. The molecule has 0 saturated carbocycles. The van der Waals surface area contributed by atoms with Gasteiger partial charge in [0, 0.05) is 0 Å². The Bertz CT molecular complexity index is 652. The van der Waals surface area contributed by atoms with E-state index in [1.54, 1.807) is 0 Å². The van der Waals surface area contributed by atoms with Gasteiger partial charge in [0.25, 0.3) is 0 Å². The molecule has 0 aliphatic carbocycles. The Morgan fingerprint density at radius 2 is 1.65 bits per heavy atom. The zero-order valence-electron chi connectivity index (χ0n) is 16.2. The summed E-state index contributed by atoms with van der Waals surface area (Å²) < 4.78 is 5.50. The van der Waals surface area contributed by atoms with E-state index in [9.17, 15) is 0 Å². The molecule has 1 atom stereocenters. The van der Waals surface area contributed by atoms with Gasteiger partial charge < -0.3 is 4.74 Å². The molecule has 2 aromatic rings. The van der Waals surface area contributed by atoms with E-state index in [2.05, 4.69) is 72.4 Å². The molecule has 2 heteroatoms. The first kappa shape index (κ1) is 23.7. The Morgan fingerprint density at radius 3 is 2.15 bits per heavy atom. The summed E-state index contributed by atoms with van der Waals surface area (Å²) in [4.78, 5) is 0. The van der Waals surface area contributed by atoms with Gasteiger partial charge in [0.05, 0.1) is 6.61 Å². The number of rotatable bonds is 6. The summed E-state index contributed by atoms with van der Waals surface area (Å²) >= 11 is 0. The molecule has 0 amide bonds. The monoisotopic (exact) mass is 366 g/mol. The fourth-order valence-corrected chi connectivity index (χ4v) is 2.19. The first-order valence-corrected chi connectivity index (χ1v) is 9.48. The van der Waals surface area contributed by atoms with Crippen LogP contribution in [0.4, 0.5) is 0 Å². The van der Waals surface area contributed by atoms with Crippen molar-refractivity contribution < 1.29 is 4.74 Å². The Morgan fingerprint density at radius 1 is 1.04 bits per heavy atom. The Hall–Kier alpha value is -2.29. The van der Waals surface area contributed by atoms with Gasteiger partial charge in [0.2, 0.25) is 0 Å². The highest BCUT2D eigenvalue weighted by Crippen LogP contribution is 2.14. The summed E-state index contributed by atoms with van der Waals surface area (Å²) in [5.74, 6) is 3.01. The lowest BCUT2D eigenvalue weighted by Gasteiger charge is -2.04. The van der Waals surface area contributed by atoms with E-state index in [0.717, 1.165) is 25.2 Å². The van der Waals surface area contributed by atoms with E-state index in [-0.39, 0.29) is 0 Å². The first-order valence-electron chi connectivity index (χ1n) is 8.81. The van der Waals surface area contributed by atoms with Crippen LogP contribution in [0.5, 0.6) is 5.75 Å². The molecule has 0 aromatic heterocycles. The largest absolute Gasteiger partial charge is 0.494 e. The molecule has 0 spiro atoms. The van der Waals surface area contributed by atoms with Crippen LogP contribution >= 0.6 is 9.24 Å². The lowest BCUT2D eigenvalue weighted by atomic mass is 10.1. The molecule has 0 radical (unpaired) electrons. The van der Waals surface area contributed by atoms with Crippen LogP contribution in [0, 0.1) is 12.8 Å². The molecule has 26 heavy (non-hydrogen) atoms. The van der Waals surface area contributed by atoms with Crippen molar-refractivity contribution in [1.82, 2.24) is 0 Å². The van der Waals surface area contributed by atoms with E-state index in [0.29, 0.717) is 0 Å². The van der Waals surface area contributed by atoms with E-state index in [1.165, 1.54) is 16.7 Å². The smallest absolute Gasteiger partial charge is 0.119 e. The molecular formula is C24H31OP. The van der Waals surface area contributed by atoms with Crippen LogP contribution in [-0.2, 0) is 6.42 Å². The molecule has 2 rings (SSSR count). The maximum absolute atomic E-state index is 5.50. The number of ether oxygens (including phenoxy) is 1. The van der Waals surface area contributed by atoms with Crippen LogP contribution in [0.3, 0.4) is 0 Å². The minimum absolute atomic E-state index is 0.800. The van der Waals surface area contributed by atoms with Crippen molar-refractivity contribution in [3.8, 4) is 18.6 Å². The summed E-state index contributed by atoms with van der Waals surface area (Å²) in [6, 6.07) is 18.6. The third-order valence-corrected chi connectivity index (χ3v) is 3.96. The molecule has 0 heterocycles. The third-order valence-electron chi connectivity index (χ3n) is 3.46. The highest BCUT2D eigenvalue weighted by Gasteiger charge is 1.93. The van der Waals surface area contributed by atoms with Crippen LogP contribution < -0.4 is 4.74 Å². The summed E-state index contributed by atoms with van der Waals surface area (Å²) in [7, 11) is 2.61. The van der Waals surface area contributed by atoms with Gasteiger partial charge in [-0.1, -0.05) is 67.4 Å². The van der Waals surface area contributed by atoms with Crippen LogP contribution in [0.25, 0.3) is 5.57 Å². The van der Waals surface area contributed by atoms with Crippen molar-refractivity contribution in [2.75, 3.05) is 6.61 Å². The number of allylic oxidation sites excluding steroid dienone is 3. The molecule has 0 N–H and O–H groups in total. The zero-order chi connectivity index (χ0) is 19.6. The lowest BCUT2D eigenvalue weighted by Crippen LogP contribution is -1.94. The highest BCUT2D eigenvalue weighted by molar-refractivity contribution is 7.21. The van der Waals surface area contributed by atoms with Gasteiger partial charge in [0.1, 0.15) is 5.75 Å². The minimum Gasteiger partial charge on any atom is -0.494 e. The standard InChI is InChI=1S/C13H18O.C9H11P.C2H2/c1-3-5-6-12-7-9-13(10-8-12)14-11-4-2;1-8(7-10)9-5-3-2-4-6-9;1-2/h3,5,7-10H,4,6,11H2,1-2H3;2-7H,10H2,1H3;1-2H/b5-3-;8-7-;. The SMILES string of the molecule is C#C.C/C(=C/P)c1ccccc1.C/C=C\Cc1ccc(OCCC)cc1. The Kier molecular flexibility index (Phi) is 14.8. The summed E-state index contributed by atoms with van der Waals surface area (Å²) in [5.41, 5.74) is 3.91. The van der Waals surface area contributed by atoms with E-state index >= 15 is 0 Å². The quantitative estimate of drug-likeness (QED) is 0.311. The average Bonchev–Trinajstić information content (AvgIpc) is 2.73. The predicted molar refractivity (Wildman–Crippen MR) is 120 cm³/mol. The highest BCUT2D eigenvalue weighted by atomic mass is 31.0. The lowest BCUT2D eigenvalue weighted by molar-refractivity contribution is 0.317. The number of hydrogen-bond donors (Lipinski definition) is 0. The maximum Gasteiger partial charge on any atom is 0.119 e. The summed E-state index contributed by atoms with van der Waals surface area (Å²) in [6.45, 7) is 7.05. The van der Waals surface area contributed by atoms with Gasteiger partial charge in [-0.05, 0) is 55.5 Å². The topological polar surface area (TPSA) is 9.23 Å². The normalized spacial score (nSPS) is 10.3. The van der Waals surface area contributed by atoms with Gasteiger partial charge in [-0.25, -0.2) is 0 Å². The molecule has 0 aliphatic rings. The van der Waals surface area contributed by atoms with Gasteiger partial charge in [-0.2, -0.15) is 0 Å². The molecule has 0 aliphatic heterocycles. The van der Waals surface area contributed by atoms with Crippen molar-refractivity contribution in [2.24, 2.45) is 0 Å². The van der Waals surface area contributed by atoms with Gasteiger partial charge >= 0.3 is 0 Å². The Labute approximate surface area is 162 Å². The van der Waals surface area contributed by atoms with E-state index in [1.807, 2.05) is 43.1 Å². The van der Waals surface area contributed by atoms with Crippen LogP contribution in [0.15, 0.2) is 72.6 Å². The molecule has 0 fully saturated rings. The molecule has 1 unspecified atom stereocenters. The fourth-order valence-electron chi connectivity index (χ4n) is 1.99. The molecule has 2 aromatic carbocycles.